The van der Waals surface area contributed by atoms with Crippen LogP contribution in [0, 0.1) is 5.41 Å². The third kappa shape index (κ3) is 4.85. The highest BCUT2D eigenvalue weighted by atomic mass is 35.5. The van der Waals surface area contributed by atoms with Gasteiger partial charge in [-0.3, -0.25) is 4.79 Å². The molecule has 0 radical (unpaired) electrons. The number of hydrogen-bond donors (Lipinski definition) is 1. The smallest absolute Gasteiger partial charge is 0.223 e. The molecule has 21 heavy (non-hydrogen) atoms. The molecule has 1 amide bonds. The van der Waals surface area contributed by atoms with Crippen molar-refractivity contribution in [1.82, 2.24) is 4.90 Å². The van der Waals surface area contributed by atoms with E-state index in [1.807, 2.05) is 0 Å². The largest absolute Gasteiger partial charge is 0.340 e. The average molecular weight is 317 g/mol. The van der Waals surface area contributed by atoms with Crippen molar-refractivity contribution in [3.63, 3.8) is 0 Å². The number of rotatable bonds is 5. The van der Waals surface area contributed by atoms with Crippen LogP contribution in [0.25, 0.3) is 0 Å². The van der Waals surface area contributed by atoms with Gasteiger partial charge in [-0.1, -0.05) is 32.6 Å². The molecule has 2 rings (SSSR count). The second-order valence-electron chi connectivity index (χ2n) is 6.97. The molecule has 0 aromatic rings. The fraction of sp³-hybridized carbons (Fsp3) is 0.941. The highest BCUT2D eigenvalue weighted by molar-refractivity contribution is 5.85. The predicted molar refractivity (Wildman–Crippen MR) is 90.7 cm³/mol. The zero-order valence-electron chi connectivity index (χ0n) is 13.6. The van der Waals surface area contributed by atoms with Gasteiger partial charge in [-0.25, -0.2) is 0 Å². The molecule has 0 spiro atoms. The maximum atomic E-state index is 12.8. The van der Waals surface area contributed by atoms with E-state index in [4.69, 9.17) is 5.73 Å². The van der Waals surface area contributed by atoms with Gasteiger partial charge in [0.25, 0.3) is 0 Å². The van der Waals surface area contributed by atoms with Crippen LogP contribution < -0.4 is 5.73 Å². The second kappa shape index (κ2) is 8.99. The summed E-state index contributed by atoms with van der Waals surface area (Å²) in [4.78, 5) is 15.0. The van der Waals surface area contributed by atoms with Crippen molar-refractivity contribution in [3.8, 4) is 0 Å². The zero-order chi connectivity index (χ0) is 14.4. The van der Waals surface area contributed by atoms with E-state index in [-0.39, 0.29) is 17.8 Å². The molecule has 1 aliphatic carbocycles. The Morgan fingerprint density at radius 2 is 1.90 bits per heavy atom. The number of carbonyl (C=O) groups excluding carboxylic acids is 1. The Bertz CT molecular complexity index is 314. The highest BCUT2D eigenvalue weighted by Gasteiger charge is 2.36. The van der Waals surface area contributed by atoms with Gasteiger partial charge in [0.1, 0.15) is 0 Å². The number of halogens is 1. The standard InChI is InChI=1S/C17H32N2O.ClH/c1-2-8-15-9-4-7-12-19(15)16(20)13-17(14-18)10-5-3-6-11-17;/h15H,2-14,18H2,1H3;1H. The van der Waals surface area contributed by atoms with E-state index in [1.165, 1.54) is 51.4 Å². The first-order chi connectivity index (χ1) is 9.71. The summed E-state index contributed by atoms with van der Waals surface area (Å²) in [5.74, 6) is 0.385. The van der Waals surface area contributed by atoms with Gasteiger partial charge in [0, 0.05) is 19.0 Å². The summed E-state index contributed by atoms with van der Waals surface area (Å²) < 4.78 is 0. The molecule has 1 saturated carbocycles. The summed E-state index contributed by atoms with van der Waals surface area (Å²) in [5.41, 5.74) is 6.15. The Labute approximate surface area is 136 Å². The van der Waals surface area contributed by atoms with Crippen LogP contribution in [0.1, 0.15) is 77.6 Å². The lowest BCUT2D eigenvalue weighted by Crippen LogP contribution is -2.47. The Balaban J connectivity index is 0.00000220. The van der Waals surface area contributed by atoms with Crippen LogP contribution in [0.2, 0.25) is 0 Å². The van der Waals surface area contributed by atoms with Crippen molar-refractivity contribution >= 4 is 18.3 Å². The Morgan fingerprint density at radius 1 is 1.19 bits per heavy atom. The van der Waals surface area contributed by atoms with Crippen molar-refractivity contribution in [2.75, 3.05) is 13.1 Å². The molecule has 0 bridgehead atoms. The monoisotopic (exact) mass is 316 g/mol. The molecule has 1 saturated heterocycles. The van der Waals surface area contributed by atoms with E-state index in [2.05, 4.69) is 11.8 Å². The number of carbonyl (C=O) groups is 1. The maximum Gasteiger partial charge on any atom is 0.223 e. The van der Waals surface area contributed by atoms with Gasteiger partial charge in [0.2, 0.25) is 5.91 Å². The molecule has 0 aromatic carbocycles. The Kier molecular flexibility index (Phi) is 8.04. The van der Waals surface area contributed by atoms with Crippen molar-refractivity contribution in [2.24, 2.45) is 11.1 Å². The van der Waals surface area contributed by atoms with E-state index in [0.717, 1.165) is 19.4 Å². The van der Waals surface area contributed by atoms with Crippen LogP contribution >= 0.6 is 12.4 Å². The minimum absolute atomic E-state index is 0. The van der Waals surface area contributed by atoms with Crippen LogP contribution in [0.3, 0.4) is 0 Å². The average Bonchev–Trinajstić information content (AvgIpc) is 2.49. The number of nitrogens with two attached hydrogens (primary N) is 1. The number of hydrogen-bond acceptors (Lipinski definition) is 2. The van der Waals surface area contributed by atoms with Crippen LogP contribution in [-0.4, -0.2) is 29.9 Å². The van der Waals surface area contributed by atoms with Crippen LogP contribution in [0.15, 0.2) is 0 Å². The lowest BCUT2D eigenvalue weighted by atomic mass is 9.71. The number of nitrogens with zero attached hydrogens (tertiary/aromatic N) is 1. The third-order valence-corrected chi connectivity index (χ3v) is 5.44. The fourth-order valence-electron chi connectivity index (χ4n) is 4.14. The predicted octanol–water partition coefficient (Wildman–Crippen LogP) is 3.89. The summed E-state index contributed by atoms with van der Waals surface area (Å²) in [6.07, 6.45) is 12.8. The first kappa shape index (κ1) is 18.8. The molecule has 4 heteroatoms. The van der Waals surface area contributed by atoms with Crippen LogP contribution in [-0.2, 0) is 4.79 Å². The molecule has 1 heterocycles. The molecule has 2 N–H and O–H groups in total. The molecule has 0 aromatic heterocycles. The summed E-state index contributed by atoms with van der Waals surface area (Å²) in [6, 6.07) is 0.500. The summed E-state index contributed by atoms with van der Waals surface area (Å²) in [5, 5.41) is 0. The van der Waals surface area contributed by atoms with Crippen molar-refractivity contribution < 1.29 is 4.79 Å². The summed E-state index contributed by atoms with van der Waals surface area (Å²) >= 11 is 0. The van der Waals surface area contributed by atoms with Crippen LogP contribution in [0.4, 0.5) is 0 Å². The fourth-order valence-corrected chi connectivity index (χ4v) is 4.14. The molecule has 1 aliphatic heterocycles. The summed E-state index contributed by atoms with van der Waals surface area (Å²) in [7, 11) is 0. The Hall–Kier alpha value is -0.280. The topological polar surface area (TPSA) is 46.3 Å². The lowest BCUT2D eigenvalue weighted by molar-refractivity contribution is -0.138. The molecular weight excluding hydrogens is 284 g/mol. The second-order valence-corrected chi connectivity index (χ2v) is 6.97. The van der Waals surface area contributed by atoms with Crippen molar-refractivity contribution in [3.05, 3.63) is 0 Å². The Morgan fingerprint density at radius 3 is 2.52 bits per heavy atom. The quantitative estimate of drug-likeness (QED) is 0.836. The van der Waals surface area contributed by atoms with E-state index in [9.17, 15) is 4.79 Å². The van der Waals surface area contributed by atoms with E-state index in [0.29, 0.717) is 24.9 Å². The lowest BCUT2D eigenvalue weighted by Gasteiger charge is -2.41. The van der Waals surface area contributed by atoms with E-state index in [1.54, 1.807) is 0 Å². The summed E-state index contributed by atoms with van der Waals surface area (Å²) in [6.45, 7) is 3.88. The normalized spacial score (nSPS) is 25.2. The molecule has 1 unspecified atom stereocenters. The SMILES string of the molecule is CCCC1CCCCN1C(=O)CC1(CN)CCCCC1.Cl. The molecule has 2 fully saturated rings. The van der Waals surface area contributed by atoms with Gasteiger partial charge in [-0.05, 0) is 50.5 Å². The van der Waals surface area contributed by atoms with Crippen molar-refractivity contribution in [2.45, 2.75) is 83.6 Å². The number of piperidine rings is 1. The van der Waals surface area contributed by atoms with Gasteiger partial charge in [0.05, 0.1) is 0 Å². The number of likely N-dealkylation sites (tertiary alicyclic amines) is 1. The molecule has 3 nitrogen and oxygen atoms in total. The highest BCUT2D eigenvalue weighted by Crippen LogP contribution is 2.39. The molecule has 1 atom stereocenters. The number of amides is 1. The van der Waals surface area contributed by atoms with Gasteiger partial charge >= 0.3 is 0 Å². The first-order valence-electron chi connectivity index (χ1n) is 8.70. The van der Waals surface area contributed by atoms with Gasteiger partial charge in [-0.2, -0.15) is 0 Å². The van der Waals surface area contributed by atoms with Crippen molar-refractivity contribution in [1.29, 1.82) is 0 Å². The molecule has 124 valence electrons. The minimum Gasteiger partial charge on any atom is -0.340 e. The van der Waals surface area contributed by atoms with E-state index >= 15 is 0 Å². The van der Waals surface area contributed by atoms with Gasteiger partial charge in [-0.15, -0.1) is 12.4 Å². The van der Waals surface area contributed by atoms with Gasteiger partial charge in [0.15, 0.2) is 0 Å². The first-order valence-corrected chi connectivity index (χ1v) is 8.70. The minimum atomic E-state index is 0. The van der Waals surface area contributed by atoms with E-state index < -0.39 is 0 Å². The van der Waals surface area contributed by atoms with Crippen LogP contribution in [0.5, 0.6) is 0 Å². The molecular formula is C17H33ClN2O. The molecule has 2 aliphatic rings. The van der Waals surface area contributed by atoms with Gasteiger partial charge < -0.3 is 10.6 Å². The maximum absolute atomic E-state index is 12.8. The zero-order valence-corrected chi connectivity index (χ0v) is 14.4. The third-order valence-electron chi connectivity index (χ3n) is 5.44.